The number of rotatable bonds is 5. The predicted octanol–water partition coefficient (Wildman–Crippen LogP) is 2.25. The molecule has 0 aliphatic carbocycles. The molecule has 0 radical (unpaired) electrons. The second kappa shape index (κ2) is 5.32. The van der Waals surface area contributed by atoms with Gasteiger partial charge in [0, 0.05) is 6.04 Å². The number of ether oxygens (including phenoxy) is 1. The Hall–Kier alpha value is -1.06. The molecule has 3 heteroatoms. The third kappa shape index (κ3) is 3.83. The molecule has 0 aliphatic heterocycles. The molecule has 1 aromatic carbocycles. The molecule has 2 atom stereocenters. The maximum atomic E-state index is 9.81. The van der Waals surface area contributed by atoms with E-state index in [1.165, 1.54) is 0 Å². The summed E-state index contributed by atoms with van der Waals surface area (Å²) in [4.78, 5) is 0. The minimum absolute atomic E-state index is 0.00441. The first-order valence-corrected chi connectivity index (χ1v) is 5.65. The zero-order valence-electron chi connectivity index (χ0n) is 10.2. The van der Waals surface area contributed by atoms with Crippen molar-refractivity contribution >= 4 is 0 Å². The van der Waals surface area contributed by atoms with Crippen LogP contribution in [0.25, 0.3) is 0 Å². The topological polar surface area (TPSA) is 55.5 Å². The van der Waals surface area contributed by atoms with Gasteiger partial charge in [0.15, 0.2) is 0 Å². The van der Waals surface area contributed by atoms with E-state index in [1.54, 1.807) is 6.92 Å². The van der Waals surface area contributed by atoms with Gasteiger partial charge < -0.3 is 15.6 Å². The van der Waals surface area contributed by atoms with Gasteiger partial charge in [0.2, 0.25) is 0 Å². The Morgan fingerprint density at radius 3 is 2.75 bits per heavy atom. The third-order valence-corrected chi connectivity index (χ3v) is 2.70. The van der Waals surface area contributed by atoms with Crippen LogP contribution in [0, 0.1) is 0 Å². The summed E-state index contributed by atoms with van der Waals surface area (Å²) in [5.41, 5.74) is 6.05. The zero-order chi connectivity index (χ0) is 12.2. The lowest BCUT2D eigenvalue weighted by Crippen LogP contribution is -2.31. The third-order valence-electron chi connectivity index (χ3n) is 2.70. The molecule has 0 aromatic heterocycles. The largest absolute Gasteiger partial charge is 0.491 e. The molecule has 0 saturated heterocycles. The van der Waals surface area contributed by atoms with Crippen molar-refractivity contribution in [1.82, 2.24) is 0 Å². The Kier molecular flexibility index (Phi) is 4.33. The molecule has 1 aromatic rings. The highest BCUT2D eigenvalue weighted by molar-refractivity contribution is 5.30. The van der Waals surface area contributed by atoms with E-state index >= 15 is 0 Å². The van der Waals surface area contributed by atoms with Gasteiger partial charge >= 0.3 is 0 Å². The fourth-order valence-corrected chi connectivity index (χ4v) is 1.23. The van der Waals surface area contributed by atoms with Crippen molar-refractivity contribution in [1.29, 1.82) is 0 Å². The Bertz CT molecular complexity index is 334. The van der Waals surface area contributed by atoms with Crippen molar-refractivity contribution in [2.45, 2.75) is 38.8 Å². The maximum Gasteiger partial charge on any atom is 0.119 e. The van der Waals surface area contributed by atoms with Gasteiger partial charge in [0.1, 0.15) is 12.4 Å². The second-order valence-electron chi connectivity index (χ2n) is 4.50. The number of aliphatic hydroxyl groups is 1. The van der Waals surface area contributed by atoms with E-state index in [0.717, 1.165) is 11.3 Å². The van der Waals surface area contributed by atoms with Crippen LogP contribution in [0.4, 0.5) is 0 Å². The van der Waals surface area contributed by atoms with Crippen molar-refractivity contribution in [3.8, 4) is 5.75 Å². The highest BCUT2D eigenvalue weighted by Crippen LogP contribution is 2.19. The van der Waals surface area contributed by atoms with Gasteiger partial charge in [-0.15, -0.1) is 0 Å². The Balaban J connectivity index is 2.64. The fourth-order valence-electron chi connectivity index (χ4n) is 1.23. The molecule has 0 bridgehead atoms. The van der Waals surface area contributed by atoms with Crippen LogP contribution in [0.5, 0.6) is 5.75 Å². The normalized spacial score (nSPS) is 16.6. The number of nitrogens with two attached hydrogens (primary N) is 1. The van der Waals surface area contributed by atoms with Crippen molar-refractivity contribution in [2.75, 3.05) is 6.61 Å². The lowest BCUT2D eigenvalue weighted by molar-refractivity contribution is 0.00844. The van der Waals surface area contributed by atoms with Gasteiger partial charge in [0.05, 0.1) is 5.60 Å². The molecule has 0 fully saturated rings. The summed E-state index contributed by atoms with van der Waals surface area (Å²) in [5, 5.41) is 9.81. The van der Waals surface area contributed by atoms with E-state index in [9.17, 15) is 5.11 Å². The van der Waals surface area contributed by atoms with Crippen LogP contribution < -0.4 is 10.5 Å². The number of benzene rings is 1. The van der Waals surface area contributed by atoms with Crippen molar-refractivity contribution < 1.29 is 9.84 Å². The van der Waals surface area contributed by atoms with E-state index in [2.05, 4.69) is 0 Å². The van der Waals surface area contributed by atoms with Crippen LogP contribution in [-0.4, -0.2) is 17.3 Å². The molecular formula is C13H21NO2. The van der Waals surface area contributed by atoms with Crippen LogP contribution in [0.3, 0.4) is 0 Å². The summed E-state index contributed by atoms with van der Waals surface area (Å²) in [6.07, 6.45) is 0.667. The molecule has 90 valence electrons. The lowest BCUT2D eigenvalue weighted by atomic mass is 10.1. The van der Waals surface area contributed by atoms with Crippen LogP contribution in [0.2, 0.25) is 0 Å². The molecule has 0 spiro atoms. The molecular weight excluding hydrogens is 202 g/mol. The Labute approximate surface area is 97.2 Å². The van der Waals surface area contributed by atoms with Crippen LogP contribution in [0.15, 0.2) is 24.3 Å². The van der Waals surface area contributed by atoms with Gasteiger partial charge in [-0.3, -0.25) is 0 Å². The quantitative estimate of drug-likeness (QED) is 0.805. The summed E-state index contributed by atoms with van der Waals surface area (Å²) < 4.78 is 5.55. The highest BCUT2D eigenvalue weighted by atomic mass is 16.5. The molecule has 0 amide bonds. The van der Waals surface area contributed by atoms with Gasteiger partial charge in [-0.1, -0.05) is 19.1 Å². The van der Waals surface area contributed by atoms with E-state index in [-0.39, 0.29) is 6.04 Å². The molecule has 0 heterocycles. The second-order valence-corrected chi connectivity index (χ2v) is 4.50. The summed E-state index contributed by atoms with van der Waals surface area (Å²) in [7, 11) is 0. The van der Waals surface area contributed by atoms with E-state index in [0.29, 0.717) is 13.0 Å². The van der Waals surface area contributed by atoms with E-state index < -0.39 is 5.60 Å². The van der Waals surface area contributed by atoms with Gasteiger partial charge in [-0.25, -0.2) is 0 Å². The van der Waals surface area contributed by atoms with Crippen molar-refractivity contribution in [3.63, 3.8) is 0 Å². The summed E-state index contributed by atoms with van der Waals surface area (Å²) in [5.74, 6) is 0.753. The predicted molar refractivity (Wildman–Crippen MR) is 65.5 cm³/mol. The molecule has 1 unspecified atom stereocenters. The average molecular weight is 223 g/mol. The summed E-state index contributed by atoms with van der Waals surface area (Å²) >= 11 is 0. The molecule has 3 nitrogen and oxygen atoms in total. The fraction of sp³-hybridized carbons (Fsp3) is 0.538. The van der Waals surface area contributed by atoms with Gasteiger partial charge in [0.25, 0.3) is 0 Å². The van der Waals surface area contributed by atoms with Crippen molar-refractivity contribution in [2.24, 2.45) is 5.73 Å². The summed E-state index contributed by atoms with van der Waals surface area (Å²) in [6.45, 7) is 5.93. The maximum absolute atomic E-state index is 9.81. The minimum Gasteiger partial charge on any atom is -0.491 e. The van der Waals surface area contributed by atoms with E-state index in [1.807, 2.05) is 38.1 Å². The van der Waals surface area contributed by atoms with Gasteiger partial charge in [-0.2, -0.15) is 0 Å². The molecule has 1 rings (SSSR count). The lowest BCUT2D eigenvalue weighted by Gasteiger charge is -2.21. The number of hydrogen-bond donors (Lipinski definition) is 2. The highest BCUT2D eigenvalue weighted by Gasteiger charge is 2.18. The SMILES string of the molecule is CCC(C)(O)COc1cccc([C@@H](C)N)c1. The standard InChI is InChI=1S/C13H21NO2/c1-4-13(3,15)9-16-12-7-5-6-11(8-12)10(2)14/h5-8,10,15H,4,9,14H2,1-3H3/t10-,13?/m1/s1. The molecule has 16 heavy (non-hydrogen) atoms. The molecule has 0 aliphatic rings. The monoisotopic (exact) mass is 223 g/mol. The van der Waals surface area contributed by atoms with Gasteiger partial charge in [-0.05, 0) is 38.0 Å². The minimum atomic E-state index is -0.773. The zero-order valence-corrected chi connectivity index (χ0v) is 10.2. The smallest absolute Gasteiger partial charge is 0.119 e. The van der Waals surface area contributed by atoms with Crippen LogP contribution in [0.1, 0.15) is 38.8 Å². The summed E-state index contributed by atoms with van der Waals surface area (Å²) in [6, 6.07) is 7.66. The van der Waals surface area contributed by atoms with Crippen molar-refractivity contribution in [3.05, 3.63) is 29.8 Å². The Morgan fingerprint density at radius 1 is 1.50 bits per heavy atom. The van der Waals surface area contributed by atoms with E-state index in [4.69, 9.17) is 10.5 Å². The first kappa shape index (κ1) is 13.0. The van der Waals surface area contributed by atoms with Crippen LogP contribution in [-0.2, 0) is 0 Å². The average Bonchev–Trinajstić information content (AvgIpc) is 2.27. The molecule has 3 N–H and O–H groups in total. The first-order valence-electron chi connectivity index (χ1n) is 5.65. The number of hydrogen-bond acceptors (Lipinski definition) is 3. The molecule has 0 saturated carbocycles. The Morgan fingerprint density at radius 2 is 2.19 bits per heavy atom. The van der Waals surface area contributed by atoms with Crippen LogP contribution >= 0.6 is 0 Å². The first-order chi connectivity index (χ1) is 7.44.